The monoisotopic (exact) mass is 399 g/mol. The first-order valence-corrected chi connectivity index (χ1v) is 8.64. The SMILES string of the molecule is CCOc1nccnc1-n1nc(C(F)(F)F)c(-c2cc(OC)c(C)s2)c1N. The van der Waals surface area contributed by atoms with Crippen LogP contribution in [0.1, 0.15) is 17.5 Å². The zero-order valence-corrected chi connectivity index (χ0v) is 15.5. The van der Waals surface area contributed by atoms with Crippen molar-refractivity contribution in [1.29, 1.82) is 0 Å². The van der Waals surface area contributed by atoms with Crippen LogP contribution < -0.4 is 15.2 Å². The van der Waals surface area contributed by atoms with Gasteiger partial charge < -0.3 is 15.2 Å². The molecule has 7 nitrogen and oxygen atoms in total. The number of halogens is 3. The summed E-state index contributed by atoms with van der Waals surface area (Å²) in [4.78, 5) is 9.05. The van der Waals surface area contributed by atoms with Crippen molar-refractivity contribution in [3.05, 3.63) is 29.0 Å². The summed E-state index contributed by atoms with van der Waals surface area (Å²) in [5.41, 5.74) is 4.73. The molecule has 0 fully saturated rings. The number of methoxy groups -OCH3 is 1. The average molecular weight is 399 g/mol. The molecule has 0 aliphatic rings. The molecule has 3 rings (SSSR count). The van der Waals surface area contributed by atoms with Crippen LogP contribution in [0.3, 0.4) is 0 Å². The number of thiophene rings is 1. The highest BCUT2D eigenvalue weighted by atomic mass is 32.1. The summed E-state index contributed by atoms with van der Waals surface area (Å²) in [7, 11) is 1.45. The molecule has 3 aromatic heterocycles. The van der Waals surface area contributed by atoms with E-state index in [4.69, 9.17) is 15.2 Å². The van der Waals surface area contributed by atoms with E-state index in [1.807, 2.05) is 0 Å². The van der Waals surface area contributed by atoms with Gasteiger partial charge in [0.05, 0.1) is 19.3 Å². The number of nitrogens with zero attached hydrogens (tertiary/aromatic N) is 4. The van der Waals surface area contributed by atoms with Crippen LogP contribution in [-0.4, -0.2) is 33.5 Å². The van der Waals surface area contributed by atoms with Crippen LogP contribution in [0.25, 0.3) is 16.3 Å². The molecular formula is C16H16F3N5O2S. The number of rotatable bonds is 5. The second kappa shape index (κ2) is 7.06. The molecule has 0 saturated heterocycles. The third-order valence-electron chi connectivity index (χ3n) is 3.66. The number of nitrogen functional groups attached to an aromatic ring is 1. The molecule has 0 unspecified atom stereocenters. The van der Waals surface area contributed by atoms with Gasteiger partial charge in [0.15, 0.2) is 5.69 Å². The van der Waals surface area contributed by atoms with Crippen LogP contribution in [0.5, 0.6) is 11.6 Å². The second-order valence-corrected chi connectivity index (χ2v) is 6.63. The zero-order chi connectivity index (χ0) is 19.8. The Hall–Kier alpha value is -2.82. The number of aryl methyl sites for hydroxylation is 1. The van der Waals surface area contributed by atoms with Gasteiger partial charge in [0.25, 0.3) is 5.88 Å². The Morgan fingerprint density at radius 3 is 2.56 bits per heavy atom. The Labute approximate surface area is 156 Å². The van der Waals surface area contributed by atoms with Crippen LogP contribution in [-0.2, 0) is 6.18 Å². The van der Waals surface area contributed by atoms with Gasteiger partial charge in [-0.3, -0.25) is 0 Å². The minimum absolute atomic E-state index is 0.0196. The van der Waals surface area contributed by atoms with Crippen LogP contribution in [0.15, 0.2) is 18.5 Å². The lowest BCUT2D eigenvalue weighted by atomic mass is 10.2. The third kappa shape index (κ3) is 3.42. The molecule has 3 heterocycles. The molecule has 0 aromatic carbocycles. The lowest BCUT2D eigenvalue weighted by molar-refractivity contribution is -0.140. The Balaban J connectivity index is 2.26. The number of ether oxygens (including phenoxy) is 2. The Kier molecular flexibility index (Phi) is 4.96. The van der Waals surface area contributed by atoms with E-state index in [9.17, 15) is 13.2 Å². The largest absolute Gasteiger partial charge is 0.496 e. The molecule has 0 bridgehead atoms. The van der Waals surface area contributed by atoms with Crippen molar-refractivity contribution in [2.75, 3.05) is 19.5 Å². The first kappa shape index (κ1) is 19.0. The third-order valence-corrected chi connectivity index (χ3v) is 4.71. The summed E-state index contributed by atoms with van der Waals surface area (Å²) in [6, 6.07) is 1.51. The van der Waals surface area contributed by atoms with Crippen molar-refractivity contribution < 1.29 is 22.6 Å². The van der Waals surface area contributed by atoms with Gasteiger partial charge in [-0.1, -0.05) is 0 Å². The van der Waals surface area contributed by atoms with Crippen molar-refractivity contribution in [1.82, 2.24) is 19.7 Å². The fourth-order valence-corrected chi connectivity index (χ4v) is 3.57. The van der Waals surface area contributed by atoms with Gasteiger partial charge in [0.1, 0.15) is 11.6 Å². The predicted octanol–water partition coefficient (Wildman–Crippen LogP) is 3.71. The fourth-order valence-electron chi connectivity index (χ4n) is 2.53. The number of alkyl halides is 3. The van der Waals surface area contributed by atoms with Gasteiger partial charge in [0, 0.05) is 22.1 Å². The molecule has 0 aliphatic heterocycles. The quantitative estimate of drug-likeness (QED) is 0.704. The van der Waals surface area contributed by atoms with Gasteiger partial charge in [-0.05, 0) is 19.9 Å². The normalized spacial score (nSPS) is 11.6. The highest BCUT2D eigenvalue weighted by Crippen LogP contribution is 2.45. The van der Waals surface area contributed by atoms with Crippen molar-refractivity contribution in [3.63, 3.8) is 0 Å². The molecule has 27 heavy (non-hydrogen) atoms. The average Bonchev–Trinajstić information content (AvgIpc) is 3.15. The summed E-state index contributed by atoms with van der Waals surface area (Å²) in [6.45, 7) is 3.72. The number of anilines is 1. The van der Waals surface area contributed by atoms with Crippen molar-refractivity contribution in [2.24, 2.45) is 0 Å². The topological polar surface area (TPSA) is 88.1 Å². The first-order chi connectivity index (χ1) is 12.8. The molecule has 144 valence electrons. The molecule has 0 aliphatic carbocycles. The fraction of sp³-hybridized carbons (Fsp3) is 0.312. The summed E-state index contributed by atoms with van der Waals surface area (Å²) < 4.78 is 52.4. The number of nitrogens with two attached hydrogens (primary N) is 1. The molecule has 0 amide bonds. The lowest BCUT2D eigenvalue weighted by Gasteiger charge is -2.08. The maximum atomic E-state index is 13.7. The molecule has 0 atom stereocenters. The van der Waals surface area contributed by atoms with E-state index in [1.54, 1.807) is 13.8 Å². The minimum atomic E-state index is -4.71. The Morgan fingerprint density at radius 1 is 1.26 bits per heavy atom. The molecule has 0 radical (unpaired) electrons. The Morgan fingerprint density at radius 2 is 1.96 bits per heavy atom. The highest BCUT2D eigenvalue weighted by Gasteiger charge is 2.40. The van der Waals surface area contributed by atoms with E-state index in [0.29, 0.717) is 10.6 Å². The van der Waals surface area contributed by atoms with E-state index in [2.05, 4.69) is 15.1 Å². The summed E-state index contributed by atoms with van der Waals surface area (Å²) in [5, 5.41) is 3.69. The van der Waals surface area contributed by atoms with E-state index < -0.39 is 11.9 Å². The van der Waals surface area contributed by atoms with Gasteiger partial charge in [-0.25, -0.2) is 9.97 Å². The van der Waals surface area contributed by atoms with Crippen LogP contribution in [0.4, 0.5) is 19.0 Å². The first-order valence-electron chi connectivity index (χ1n) is 7.82. The summed E-state index contributed by atoms with van der Waals surface area (Å²) >= 11 is 1.13. The maximum Gasteiger partial charge on any atom is 0.435 e. The molecule has 11 heteroatoms. The molecule has 3 aromatic rings. The molecular weight excluding hydrogens is 383 g/mol. The molecule has 0 saturated carbocycles. The van der Waals surface area contributed by atoms with E-state index >= 15 is 0 Å². The van der Waals surface area contributed by atoms with Crippen molar-refractivity contribution in [2.45, 2.75) is 20.0 Å². The van der Waals surface area contributed by atoms with Gasteiger partial charge in [-0.2, -0.15) is 23.0 Å². The molecule has 2 N–H and O–H groups in total. The van der Waals surface area contributed by atoms with Gasteiger partial charge in [-0.15, -0.1) is 11.3 Å². The van der Waals surface area contributed by atoms with Crippen LogP contribution in [0.2, 0.25) is 0 Å². The Bertz CT molecular complexity index is 968. The summed E-state index contributed by atoms with van der Waals surface area (Å²) in [5.74, 6) is 0.278. The smallest absolute Gasteiger partial charge is 0.435 e. The second-order valence-electron chi connectivity index (χ2n) is 5.37. The zero-order valence-electron chi connectivity index (χ0n) is 14.7. The summed E-state index contributed by atoms with van der Waals surface area (Å²) in [6.07, 6.45) is -2.02. The number of hydrogen-bond donors (Lipinski definition) is 1. The van der Waals surface area contributed by atoms with Crippen molar-refractivity contribution in [3.8, 4) is 27.9 Å². The molecule has 0 spiro atoms. The van der Waals surface area contributed by atoms with Crippen LogP contribution >= 0.6 is 11.3 Å². The highest BCUT2D eigenvalue weighted by molar-refractivity contribution is 7.15. The minimum Gasteiger partial charge on any atom is -0.496 e. The van der Waals surface area contributed by atoms with E-state index in [0.717, 1.165) is 20.9 Å². The number of aromatic nitrogens is 4. The maximum absolute atomic E-state index is 13.7. The van der Waals surface area contributed by atoms with Crippen LogP contribution in [0, 0.1) is 6.92 Å². The van der Waals surface area contributed by atoms with E-state index in [1.165, 1.54) is 25.6 Å². The predicted molar refractivity (Wildman–Crippen MR) is 94.3 cm³/mol. The number of hydrogen-bond acceptors (Lipinski definition) is 7. The van der Waals surface area contributed by atoms with Gasteiger partial charge in [0.2, 0.25) is 5.82 Å². The standard InChI is InChI=1S/C16H16F3N5O2S/c1-4-26-15-14(21-5-6-22-15)24-13(20)11(12(23-24)16(17,18)19)10-7-9(25-3)8(2)27-10/h5-7H,4,20H2,1-3H3. The lowest BCUT2D eigenvalue weighted by Crippen LogP contribution is -2.10. The van der Waals surface area contributed by atoms with Gasteiger partial charge >= 0.3 is 6.18 Å². The van der Waals surface area contributed by atoms with Crippen molar-refractivity contribution >= 4 is 17.2 Å². The van der Waals surface area contributed by atoms with E-state index in [-0.39, 0.29) is 29.7 Å².